The summed E-state index contributed by atoms with van der Waals surface area (Å²) < 4.78 is 28.2. The first-order valence-corrected chi connectivity index (χ1v) is 16.3. The lowest BCUT2D eigenvalue weighted by Gasteiger charge is -2.71. The van der Waals surface area contributed by atoms with Crippen LogP contribution in [0.3, 0.4) is 0 Å². The highest BCUT2D eigenvalue weighted by molar-refractivity contribution is 5.99. The van der Waals surface area contributed by atoms with Gasteiger partial charge in [-0.15, -0.1) is 0 Å². The van der Waals surface area contributed by atoms with E-state index in [1.54, 1.807) is 54.5 Å². The van der Waals surface area contributed by atoms with Crippen molar-refractivity contribution in [3.05, 3.63) is 47.5 Å². The quantitative estimate of drug-likeness (QED) is 0.243. The Labute approximate surface area is 279 Å². The summed E-state index contributed by atoms with van der Waals surface area (Å²) in [6.45, 7) is 13.0. The fourth-order valence-electron chi connectivity index (χ4n) is 9.28. The summed E-state index contributed by atoms with van der Waals surface area (Å²) in [5.41, 5.74) is -8.59. The van der Waals surface area contributed by atoms with E-state index < -0.39 is 93.2 Å². The fraction of sp³-hybridized carbons (Fsp3) is 0.639. The van der Waals surface area contributed by atoms with Crippen LogP contribution in [0.5, 0.6) is 0 Å². The first kappa shape index (κ1) is 35.5. The average molecular weight is 671 g/mol. The summed E-state index contributed by atoms with van der Waals surface area (Å²) >= 11 is 0. The predicted octanol–water partition coefficient (Wildman–Crippen LogP) is 3.94. The Morgan fingerprint density at radius 1 is 1.06 bits per heavy atom. The van der Waals surface area contributed by atoms with Gasteiger partial charge < -0.3 is 33.6 Å². The molecule has 1 aromatic rings. The highest BCUT2D eigenvalue weighted by Crippen LogP contribution is 2.71. The molecule has 3 fully saturated rings. The van der Waals surface area contributed by atoms with Gasteiger partial charge in [0.25, 0.3) is 0 Å². The molecule has 4 aliphatic rings. The maximum absolute atomic E-state index is 15.1. The van der Waals surface area contributed by atoms with E-state index in [1.807, 2.05) is 0 Å². The lowest BCUT2D eigenvalue weighted by Crippen LogP contribution is -2.86. The van der Waals surface area contributed by atoms with E-state index in [-0.39, 0.29) is 24.0 Å². The molecule has 9 atom stereocenters. The largest absolute Gasteiger partial charge is 0.472 e. The van der Waals surface area contributed by atoms with Gasteiger partial charge in [0.2, 0.25) is 5.60 Å². The van der Waals surface area contributed by atoms with Crippen molar-refractivity contribution in [3.63, 3.8) is 0 Å². The molecule has 1 aliphatic heterocycles. The van der Waals surface area contributed by atoms with Gasteiger partial charge in [0, 0.05) is 45.8 Å². The molecule has 1 aromatic heterocycles. The fourth-order valence-corrected chi connectivity index (χ4v) is 9.28. The zero-order valence-corrected chi connectivity index (χ0v) is 28.9. The first-order chi connectivity index (χ1) is 22.3. The summed E-state index contributed by atoms with van der Waals surface area (Å²) in [5.74, 6) is -6.78. The second kappa shape index (κ2) is 11.7. The first-order valence-electron chi connectivity index (χ1n) is 16.3. The van der Waals surface area contributed by atoms with Gasteiger partial charge in [-0.2, -0.15) is 0 Å². The minimum Gasteiger partial charge on any atom is -0.472 e. The van der Waals surface area contributed by atoms with E-state index in [0.717, 1.165) is 6.08 Å². The molecule has 3 aliphatic carbocycles. The van der Waals surface area contributed by atoms with Crippen LogP contribution in [-0.4, -0.2) is 70.4 Å². The molecule has 2 heterocycles. The number of carbonyl (C=O) groups is 5. The van der Waals surface area contributed by atoms with E-state index in [1.165, 1.54) is 32.6 Å². The SMILES string of the molecule is CC=C(C)C(=O)OC1C(C)(C)C(CC(=O)OC)C2(C)C(=O)C1(O)C(OC(=O)C(C)C)C1(O)C3=CC(=O)OC(c4ccoc4)C3(C)CCC21. The topological polar surface area (TPSA) is 176 Å². The summed E-state index contributed by atoms with van der Waals surface area (Å²) in [4.78, 5) is 68.5. The van der Waals surface area contributed by atoms with Gasteiger partial charge in [0.05, 0.1) is 25.6 Å². The molecule has 0 aromatic carbocycles. The van der Waals surface area contributed by atoms with E-state index in [0.29, 0.717) is 12.0 Å². The van der Waals surface area contributed by atoms with Crippen molar-refractivity contribution in [3.8, 4) is 0 Å². The summed E-state index contributed by atoms with van der Waals surface area (Å²) in [6, 6.07) is 1.64. The zero-order chi connectivity index (χ0) is 35.8. The molecule has 3 saturated carbocycles. The lowest BCUT2D eigenvalue weighted by atomic mass is 9.35. The molecule has 12 nitrogen and oxygen atoms in total. The van der Waals surface area contributed by atoms with Gasteiger partial charge in [0.15, 0.2) is 11.9 Å². The van der Waals surface area contributed by atoms with E-state index in [9.17, 15) is 29.4 Å². The van der Waals surface area contributed by atoms with Crippen LogP contribution in [0.1, 0.15) is 86.3 Å². The Balaban J connectivity index is 1.85. The van der Waals surface area contributed by atoms with Crippen LogP contribution in [0.2, 0.25) is 0 Å². The van der Waals surface area contributed by atoms with Crippen molar-refractivity contribution in [2.45, 2.75) is 104 Å². The molecule has 0 radical (unpaired) electrons. The molecular weight excluding hydrogens is 624 g/mol. The van der Waals surface area contributed by atoms with Crippen LogP contribution in [0.15, 0.2) is 46.3 Å². The number of furan rings is 1. The van der Waals surface area contributed by atoms with Crippen LogP contribution < -0.4 is 0 Å². The Hall–Kier alpha value is -3.77. The van der Waals surface area contributed by atoms with Crippen LogP contribution >= 0.6 is 0 Å². The summed E-state index contributed by atoms with van der Waals surface area (Å²) in [5, 5.41) is 26.5. The number of cyclic esters (lactones) is 1. The summed E-state index contributed by atoms with van der Waals surface area (Å²) in [7, 11) is 1.21. The van der Waals surface area contributed by atoms with Crippen molar-refractivity contribution in [2.24, 2.45) is 34.0 Å². The van der Waals surface area contributed by atoms with E-state index >= 15 is 4.79 Å². The number of ether oxygens (including phenoxy) is 4. The van der Waals surface area contributed by atoms with Gasteiger partial charge in [0.1, 0.15) is 17.8 Å². The molecule has 0 amide bonds. The monoisotopic (exact) mass is 670 g/mol. The Bertz CT molecular complexity index is 1580. The third kappa shape index (κ3) is 4.73. The van der Waals surface area contributed by atoms with Gasteiger partial charge in [-0.25, -0.2) is 9.59 Å². The maximum Gasteiger partial charge on any atom is 0.333 e. The number of hydrogen-bond acceptors (Lipinski definition) is 12. The number of ketones is 1. The van der Waals surface area contributed by atoms with Crippen LogP contribution in [-0.2, 0) is 42.9 Å². The number of methoxy groups -OCH3 is 1. The Kier molecular flexibility index (Phi) is 8.65. The van der Waals surface area contributed by atoms with Crippen LogP contribution in [0.4, 0.5) is 0 Å². The molecule has 48 heavy (non-hydrogen) atoms. The molecule has 12 heteroatoms. The molecule has 2 N–H and O–H groups in total. The lowest BCUT2D eigenvalue weighted by molar-refractivity contribution is -0.312. The maximum atomic E-state index is 15.1. The molecule has 5 rings (SSSR count). The number of aliphatic hydroxyl groups is 2. The van der Waals surface area contributed by atoms with Crippen LogP contribution in [0.25, 0.3) is 0 Å². The average Bonchev–Trinajstić information content (AvgIpc) is 3.57. The van der Waals surface area contributed by atoms with Crippen LogP contribution in [0, 0.1) is 34.0 Å². The normalized spacial score (nSPS) is 38.6. The van der Waals surface area contributed by atoms with Gasteiger partial charge in [-0.3, -0.25) is 14.4 Å². The van der Waals surface area contributed by atoms with Gasteiger partial charge in [-0.1, -0.05) is 47.6 Å². The zero-order valence-electron chi connectivity index (χ0n) is 28.9. The minimum absolute atomic E-state index is 0.0960. The molecule has 0 saturated heterocycles. The van der Waals surface area contributed by atoms with Crippen molar-refractivity contribution in [1.82, 2.24) is 0 Å². The number of Topliss-reactive ketones (excluding diaryl/α,β-unsaturated/α-hetero) is 1. The Morgan fingerprint density at radius 3 is 2.29 bits per heavy atom. The molecular formula is C36H46O12. The molecule has 262 valence electrons. The smallest absolute Gasteiger partial charge is 0.333 e. The van der Waals surface area contributed by atoms with Crippen molar-refractivity contribution >= 4 is 29.7 Å². The standard InChI is InChI=1S/C36H46O12/c1-10-19(4)28(40)48-30-32(5,6)22(15-24(37)44-9)34(8)21-11-13-33(7)23(16-25(38)46-26(33)20-12-14-45-17-20)35(21,42)31(36(30,43)29(34)41)47-27(39)18(2)3/h10,12,14,16-18,21-22,26,30-31,42-43H,11,13,15H2,1-9H3. The predicted molar refractivity (Wildman–Crippen MR) is 167 cm³/mol. The highest BCUT2D eigenvalue weighted by Gasteiger charge is 2.84. The van der Waals surface area contributed by atoms with Gasteiger partial charge in [-0.05, 0) is 44.2 Å². The third-order valence-electron chi connectivity index (χ3n) is 11.8. The number of rotatable bonds is 7. The molecule has 9 unspecified atom stereocenters. The molecule has 2 bridgehead atoms. The highest BCUT2D eigenvalue weighted by atomic mass is 16.6. The van der Waals surface area contributed by atoms with Crippen molar-refractivity contribution < 1.29 is 57.6 Å². The second-order valence-corrected chi connectivity index (χ2v) is 15.1. The minimum atomic E-state index is -2.84. The second-order valence-electron chi connectivity index (χ2n) is 15.1. The number of allylic oxidation sites excluding steroid dienone is 1. The van der Waals surface area contributed by atoms with Crippen molar-refractivity contribution in [1.29, 1.82) is 0 Å². The number of fused-ring (bicyclic) bond motifs is 6. The number of carbonyl (C=O) groups excluding carboxylic acids is 5. The molecule has 0 spiro atoms. The van der Waals surface area contributed by atoms with E-state index in [4.69, 9.17) is 23.4 Å². The number of hydrogen-bond donors (Lipinski definition) is 2. The summed E-state index contributed by atoms with van der Waals surface area (Å²) in [6.07, 6.45) is 0.911. The van der Waals surface area contributed by atoms with Gasteiger partial charge >= 0.3 is 23.9 Å². The van der Waals surface area contributed by atoms with E-state index in [2.05, 4.69) is 0 Å². The third-order valence-corrected chi connectivity index (χ3v) is 11.8. The van der Waals surface area contributed by atoms with Crippen molar-refractivity contribution in [2.75, 3.05) is 7.11 Å². The Morgan fingerprint density at radius 2 is 1.73 bits per heavy atom. The number of esters is 4.